The number of ether oxygens (including phenoxy) is 1. The van der Waals surface area contributed by atoms with E-state index in [1.807, 2.05) is 18.0 Å². The zero-order chi connectivity index (χ0) is 15.9. The number of benzene rings is 1. The Morgan fingerprint density at radius 3 is 3.05 bits per heavy atom. The maximum atomic E-state index is 13.8. The molecule has 1 aliphatic rings. The van der Waals surface area contributed by atoms with Crippen molar-refractivity contribution in [1.82, 2.24) is 10.2 Å². The highest BCUT2D eigenvalue weighted by atomic mass is 19.1. The maximum Gasteiger partial charge on any atom is 0.193 e. The van der Waals surface area contributed by atoms with Crippen molar-refractivity contribution in [3.05, 3.63) is 35.1 Å². The van der Waals surface area contributed by atoms with Gasteiger partial charge in [0, 0.05) is 45.3 Å². The van der Waals surface area contributed by atoms with E-state index in [0.29, 0.717) is 29.5 Å². The van der Waals surface area contributed by atoms with E-state index in [2.05, 4.69) is 10.3 Å². The first-order valence-electron chi connectivity index (χ1n) is 7.32. The smallest absolute Gasteiger partial charge is 0.193 e. The molecule has 1 fully saturated rings. The highest BCUT2D eigenvalue weighted by Gasteiger charge is 2.19. The van der Waals surface area contributed by atoms with Gasteiger partial charge in [-0.3, -0.25) is 4.99 Å². The number of halogens is 1. The maximum absolute atomic E-state index is 13.8. The number of aliphatic imine (C=N–C) groups is 1. The van der Waals surface area contributed by atoms with Gasteiger partial charge >= 0.3 is 0 Å². The Labute approximate surface area is 130 Å². The van der Waals surface area contributed by atoms with E-state index in [4.69, 9.17) is 10.00 Å². The van der Waals surface area contributed by atoms with E-state index in [-0.39, 0.29) is 5.82 Å². The van der Waals surface area contributed by atoms with E-state index in [0.717, 1.165) is 26.2 Å². The van der Waals surface area contributed by atoms with Crippen LogP contribution in [0.15, 0.2) is 23.2 Å². The summed E-state index contributed by atoms with van der Waals surface area (Å²) in [4.78, 5) is 6.24. The predicted octanol–water partition coefficient (Wildman–Crippen LogP) is 1.74. The normalized spacial score (nSPS) is 18.1. The molecule has 1 aromatic carbocycles. The molecule has 118 valence electrons. The lowest BCUT2D eigenvalue weighted by molar-refractivity contribution is 0.181. The fourth-order valence-electron chi connectivity index (χ4n) is 2.54. The van der Waals surface area contributed by atoms with Crippen LogP contribution in [0.25, 0.3) is 0 Å². The second-order valence-corrected chi connectivity index (χ2v) is 5.43. The number of nitrogens with zero attached hydrogens (tertiary/aromatic N) is 3. The van der Waals surface area contributed by atoms with E-state index >= 15 is 0 Å². The van der Waals surface area contributed by atoms with Gasteiger partial charge in [-0.05, 0) is 24.6 Å². The van der Waals surface area contributed by atoms with Gasteiger partial charge in [0.2, 0.25) is 0 Å². The minimum Gasteiger partial charge on any atom is -0.381 e. The van der Waals surface area contributed by atoms with Crippen LogP contribution in [0, 0.1) is 23.1 Å². The molecule has 0 amide bonds. The molecule has 5 nitrogen and oxygen atoms in total. The van der Waals surface area contributed by atoms with E-state index < -0.39 is 0 Å². The molecular weight excluding hydrogens is 283 g/mol. The van der Waals surface area contributed by atoms with Crippen LogP contribution in [0.4, 0.5) is 4.39 Å². The molecule has 0 radical (unpaired) electrons. The first kappa shape index (κ1) is 16.2. The van der Waals surface area contributed by atoms with Gasteiger partial charge in [0.1, 0.15) is 5.82 Å². The Bertz CT molecular complexity index is 576. The first-order chi connectivity index (χ1) is 10.6. The summed E-state index contributed by atoms with van der Waals surface area (Å²) >= 11 is 0. The van der Waals surface area contributed by atoms with Gasteiger partial charge in [-0.2, -0.15) is 5.26 Å². The van der Waals surface area contributed by atoms with Crippen LogP contribution >= 0.6 is 0 Å². The van der Waals surface area contributed by atoms with Crippen molar-refractivity contribution in [1.29, 1.82) is 5.26 Å². The van der Waals surface area contributed by atoms with Crippen LogP contribution in [0.3, 0.4) is 0 Å². The van der Waals surface area contributed by atoms with Crippen LogP contribution < -0.4 is 5.32 Å². The highest BCUT2D eigenvalue weighted by molar-refractivity contribution is 5.79. The summed E-state index contributed by atoms with van der Waals surface area (Å²) in [6.45, 7) is 2.73. The lowest BCUT2D eigenvalue weighted by Crippen LogP contribution is -2.41. The average Bonchev–Trinajstić information content (AvgIpc) is 3.02. The molecule has 0 aromatic heterocycles. The van der Waals surface area contributed by atoms with Crippen LogP contribution in [0.5, 0.6) is 0 Å². The third-order valence-corrected chi connectivity index (χ3v) is 3.74. The van der Waals surface area contributed by atoms with Crippen molar-refractivity contribution in [2.75, 3.05) is 33.9 Å². The number of hydrogen-bond acceptors (Lipinski definition) is 3. The summed E-state index contributed by atoms with van der Waals surface area (Å²) in [6, 6.07) is 6.36. The fraction of sp³-hybridized carbons (Fsp3) is 0.500. The molecule has 1 aromatic rings. The van der Waals surface area contributed by atoms with E-state index in [1.165, 1.54) is 12.1 Å². The second kappa shape index (κ2) is 7.76. The zero-order valence-corrected chi connectivity index (χ0v) is 13.0. The molecule has 0 saturated carbocycles. The van der Waals surface area contributed by atoms with Gasteiger partial charge in [-0.25, -0.2) is 4.39 Å². The molecule has 0 bridgehead atoms. The van der Waals surface area contributed by atoms with Crippen molar-refractivity contribution < 1.29 is 9.13 Å². The summed E-state index contributed by atoms with van der Waals surface area (Å²) < 4.78 is 19.1. The number of hydrogen-bond donors (Lipinski definition) is 1. The van der Waals surface area contributed by atoms with Gasteiger partial charge in [-0.1, -0.05) is 0 Å². The highest BCUT2D eigenvalue weighted by Crippen LogP contribution is 2.14. The lowest BCUT2D eigenvalue weighted by atomic mass is 10.1. The van der Waals surface area contributed by atoms with Gasteiger partial charge in [0.05, 0.1) is 18.2 Å². The molecule has 22 heavy (non-hydrogen) atoms. The van der Waals surface area contributed by atoms with Crippen LogP contribution in [-0.2, 0) is 11.3 Å². The molecule has 1 aliphatic heterocycles. The third kappa shape index (κ3) is 4.18. The monoisotopic (exact) mass is 304 g/mol. The SMILES string of the molecule is CN=C(NCc1cc(C#N)ccc1F)N(C)CC1CCOC1. The van der Waals surface area contributed by atoms with Gasteiger partial charge in [0.25, 0.3) is 0 Å². The molecule has 1 unspecified atom stereocenters. The minimum atomic E-state index is -0.325. The number of guanidine groups is 1. The average molecular weight is 304 g/mol. The Morgan fingerprint density at radius 1 is 1.59 bits per heavy atom. The molecule has 2 rings (SSSR count). The zero-order valence-electron chi connectivity index (χ0n) is 13.0. The lowest BCUT2D eigenvalue weighted by Gasteiger charge is -2.24. The van der Waals surface area contributed by atoms with E-state index in [9.17, 15) is 4.39 Å². The Hall–Kier alpha value is -2.13. The topological polar surface area (TPSA) is 60.7 Å². The minimum absolute atomic E-state index is 0.291. The van der Waals surface area contributed by atoms with Crippen LogP contribution in [0.1, 0.15) is 17.5 Å². The van der Waals surface area contributed by atoms with Gasteiger partial charge in [0.15, 0.2) is 5.96 Å². The fourth-order valence-corrected chi connectivity index (χ4v) is 2.54. The second-order valence-electron chi connectivity index (χ2n) is 5.43. The summed E-state index contributed by atoms with van der Waals surface area (Å²) in [7, 11) is 3.65. The quantitative estimate of drug-likeness (QED) is 0.680. The van der Waals surface area contributed by atoms with Crippen LogP contribution in [-0.4, -0.2) is 44.7 Å². The summed E-state index contributed by atoms with van der Waals surface area (Å²) in [5.41, 5.74) is 0.905. The first-order valence-corrected chi connectivity index (χ1v) is 7.32. The molecule has 1 saturated heterocycles. The molecule has 0 aliphatic carbocycles. The van der Waals surface area contributed by atoms with Crippen molar-refractivity contribution >= 4 is 5.96 Å². The Balaban J connectivity index is 1.94. The molecule has 0 spiro atoms. The molecular formula is C16H21FN4O. The standard InChI is InChI=1S/C16H21FN4O/c1-19-16(21(2)10-13-5-6-22-11-13)20-9-14-7-12(8-18)3-4-15(14)17/h3-4,7,13H,5-6,9-11H2,1-2H3,(H,19,20). The van der Waals surface area contributed by atoms with Gasteiger partial charge in [-0.15, -0.1) is 0 Å². The Kier molecular flexibility index (Phi) is 5.73. The van der Waals surface area contributed by atoms with Crippen molar-refractivity contribution in [3.8, 4) is 6.07 Å². The number of nitrogens with one attached hydrogen (secondary N) is 1. The molecule has 6 heteroatoms. The number of nitriles is 1. The summed E-state index contributed by atoms with van der Waals surface area (Å²) in [5, 5.41) is 12.0. The molecule has 1 N–H and O–H groups in total. The van der Waals surface area contributed by atoms with Crippen molar-refractivity contribution in [2.24, 2.45) is 10.9 Å². The largest absolute Gasteiger partial charge is 0.381 e. The van der Waals surface area contributed by atoms with Crippen molar-refractivity contribution in [3.63, 3.8) is 0 Å². The van der Waals surface area contributed by atoms with E-state index in [1.54, 1.807) is 13.1 Å². The van der Waals surface area contributed by atoms with Crippen molar-refractivity contribution in [2.45, 2.75) is 13.0 Å². The third-order valence-electron chi connectivity index (χ3n) is 3.74. The molecule has 1 atom stereocenters. The van der Waals surface area contributed by atoms with Gasteiger partial charge < -0.3 is 15.0 Å². The predicted molar refractivity (Wildman–Crippen MR) is 82.9 cm³/mol. The summed E-state index contributed by atoms with van der Waals surface area (Å²) in [6.07, 6.45) is 1.06. The molecule has 1 heterocycles. The summed E-state index contributed by atoms with van der Waals surface area (Å²) in [5.74, 6) is 0.879. The van der Waals surface area contributed by atoms with Crippen LogP contribution in [0.2, 0.25) is 0 Å². The Morgan fingerprint density at radius 2 is 2.41 bits per heavy atom. The number of rotatable bonds is 4.